The van der Waals surface area contributed by atoms with E-state index in [9.17, 15) is 14.7 Å². The maximum absolute atomic E-state index is 12.1. The molecule has 1 aliphatic heterocycles. The van der Waals surface area contributed by atoms with Gasteiger partial charge in [0.1, 0.15) is 11.8 Å². The van der Waals surface area contributed by atoms with E-state index in [2.05, 4.69) is 5.32 Å². The Morgan fingerprint density at radius 2 is 2.29 bits per heavy atom. The number of hydrogen-bond donors (Lipinski definition) is 2. The fourth-order valence-corrected chi connectivity index (χ4v) is 2.72. The summed E-state index contributed by atoms with van der Waals surface area (Å²) in [6.07, 6.45) is 5.02. The van der Waals surface area contributed by atoms with Gasteiger partial charge in [-0.3, -0.25) is 14.5 Å². The van der Waals surface area contributed by atoms with E-state index in [1.54, 1.807) is 23.3 Å². The number of furan rings is 1. The molecule has 1 aliphatic rings. The van der Waals surface area contributed by atoms with Crippen molar-refractivity contribution >= 4 is 11.9 Å². The maximum atomic E-state index is 12.1. The minimum Gasteiger partial charge on any atom is -0.480 e. The van der Waals surface area contributed by atoms with Gasteiger partial charge in [-0.1, -0.05) is 12.8 Å². The molecule has 0 aliphatic carbocycles. The molecule has 0 radical (unpaired) electrons. The molecule has 116 valence electrons. The number of amides is 1. The number of carboxylic acid groups (broad SMARTS) is 1. The Balaban J connectivity index is 1.91. The van der Waals surface area contributed by atoms with E-state index in [1.165, 1.54) is 0 Å². The van der Waals surface area contributed by atoms with Crippen molar-refractivity contribution in [2.45, 2.75) is 44.7 Å². The zero-order valence-corrected chi connectivity index (χ0v) is 12.2. The second-order valence-electron chi connectivity index (χ2n) is 5.48. The Kier molecular flexibility index (Phi) is 5.38. The zero-order valence-electron chi connectivity index (χ0n) is 12.2. The van der Waals surface area contributed by atoms with Crippen LogP contribution in [0.3, 0.4) is 0 Å². The van der Waals surface area contributed by atoms with E-state index in [1.807, 2.05) is 6.92 Å². The van der Waals surface area contributed by atoms with Gasteiger partial charge in [0.05, 0.1) is 18.8 Å². The van der Waals surface area contributed by atoms with E-state index < -0.39 is 12.0 Å². The summed E-state index contributed by atoms with van der Waals surface area (Å²) in [6, 6.07) is 2.80. The number of carboxylic acids is 1. The van der Waals surface area contributed by atoms with Gasteiger partial charge in [0.25, 0.3) is 0 Å². The number of carbonyl (C=O) groups excluding carboxylic acids is 1. The van der Waals surface area contributed by atoms with Crippen LogP contribution in [0.1, 0.15) is 44.4 Å². The van der Waals surface area contributed by atoms with Crippen LogP contribution >= 0.6 is 0 Å². The van der Waals surface area contributed by atoms with E-state index in [4.69, 9.17) is 4.42 Å². The lowest BCUT2D eigenvalue weighted by atomic mass is 10.1. The molecule has 2 atom stereocenters. The Morgan fingerprint density at radius 3 is 2.95 bits per heavy atom. The fraction of sp³-hybridized carbons (Fsp3) is 0.600. The predicted molar refractivity (Wildman–Crippen MR) is 76.7 cm³/mol. The highest BCUT2D eigenvalue weighted by molar-refractivity contribution is 5.80. The number of likely N-dealkylation sites (tertiary alicyclic amines) is 1. The molecule has 1 fully saturated rings. The molecule has 0 bridgehead atoms. The third-order valence-corrected chi connectivity index (χ3v) is 3.84. The van der Waals surface area contributed by atoms with Crippen LogP contribution in [-0.4, -0.2) is 41.0 Å². The molecule has 2 unspecified atom stereocenters. The third-order valence-electron chi connectivity index (χ3n) is 3.84. The number of nitrogens with zero attached hydrogens (tertiary/aromatic N) is 1. The van der Waals surface area contributed by atoms with Crippen molar-refractivity contribution in [3.8, 4) is 0 Å². The van der Waals surface area contributed by atoms with Crippen LogP contribution in [0.25, 0.3) is 0 Å². The van der Waals surface area contributed by atoms with Gasteiger partial charge >= 0.3 is 5.97 Å². The van der Waals surface area contributed by atoms with Crippen LogP contribution in [0.15, 0.2) is 22.8 Å². The van der Waals surface area contributed by atoms with Gasteiger partial charge in [-0.25, -0.2) is 0 Å². The molecule has 6 heteroatoms. The van der Waals surface area contributed by atoms with Crippen LogP contribution in [0.4, 0.5) is 0 Å². The number of carbonyl (C=O) groups is 2. The average molecular weight is 294 g/mol. The molecule has 2 N–H and O–H groups in total. The van der Waals surface area contributed by atoms with E-state index in [0.717, 1.165) is 19.3 Å². The zero-order chi connectivity index (χ0) is 15.2. The summed E-state index contributed by atoms with van der Waals surface area (Å²) in [7, 11) is 0. The minimum atomic E-state index is -0.844. The molecular formula is C15H22N2O4. The normalized spacial score (nSPS) is 21.5. The largest absolute Gasteiger partial charge is 0.480 e. The van der Waals surface area contributed by atoms with Crippen LogP contribution in [0.5, 0.6) is 0 Å². The van der Waals surface area contributed by atoms with Gasteiger partial charge in [0.15, 0.2) is 0 Å². The molecule has 2 rings (SSSR count). The summed E-state index contributed by atoms with van der Waals surface area (Å²) < 4.78 is 5.24. The summed E-state index contributed by atoms with van der Waals surface area (Å²) in [5, 5.41) is 12.1. The van der Waals surface area contributed by atoms with Crippen LogP contribution in [0.2, 0.25) is 0 Å². The molecular weight excluding hydrogens is 272 g/mol. The first-order valence-electron chi connectivity index (χ1n) is 7.37. The van der Waals surface area contributed by atoms with Crippen molar-refractivity contribution < 1.29 is 19.1 Å². The summed E-state index contributed by atoms with van der Waals surface area (Å²) in [5.41, 5.74) is 0. The number of aliphatic carboxylic acids is 1. The molecule has 21 heavy (non-hydrogen) atoms. The molecule has 0 spiro atoms. The predicted octanol–water partition coefficient (Wildman–Crippen LogP) is 1.79. The van der Waals surface area contributed by atoms with Crippen molar-refractivity contribution in [3.63, 3.8) is 0 Å². The minimum absolute atomic E-state index is 0.113. The van der Waals surface area contributed by atoms with Crippen LogP contribution in [0, 0.1) is 0 Å². The highest BCUT2D eigenvalue weighted by atomic mass is 16.4. The molecule has 1 aromatic rings. The summed E-state index contributed by atoms with van der Waals surface area (Å²) in [5.74, 6) is -0.329. The first kappa shape index (κ1) is 15.6. The first-order chi connectivity index (χ1) is 10.1. The second-order valence-corrected chi connectivity index (χ2v) is 5.48. The molecule has 0 aromatic carbocycles. The monoisotopic (exact) mass is 294 g/mol. The number of hydrogen-bond acceptors (Lipinski definition) is 4. The maximum Gasteiger partial charge on any atom is 0.320 e. The average Bonchev–Trinajstić information content (AvgIpc) is 2.86. The van der Waals surface area contributed by atoms with Gasteiger partial charge in [-0.05, 0) is 38.4 Å². The van der Waals surface area contributed by atoms with E-state index >= 15 is 0 Å². The molecule has 1 saturated heterocycles. The molecule has 6 nitrogen and oxygen atoms in total. The van der Waals surface area contributed by atoms with Gasteiger partial charge in [-0.15, -0.1) is 0 Å². The standard InChI is InChI=1S/C15H22N2O4/c1-11(13-7-5-9-21-13)16-14(18)10-17-8-4-2-3-6-12(17)15(19)20/h5,7,9,11-12H,2-4,6,8,10H2,1H3,(H,16,18)(H,19,20). The Hall–Kier alpha value is -1.82. The summed E-state index contributed by atoms with van der Waals surface area (Å²) in [4.78, 5) is 25.2. The number of rotatable bonds is 5. The van der Waals surface area contributed by atoms with Crippen LogP contribution in [-0.2, 0) is 9.59 Å². The lowest BCUT2D eigenvalue weighted by Crippen LogP contribution is -2.46. The quantitative estimate of drug-likeness (QED) is 0.865. The van der Waals surface area contributed by atoms with Crippen molar-refractivity contribution in [2.24, 2.45) is 0 Å². The lowest BCUT2D eigenvalue weighted by molar-refractivity contribution is -0.144. The SMILES string of the molecule is CC(NC(=O)CN1CCCCCC1C(=O)O)c1ccco1. The molecule has 0 saturated carbocycles. The van der Waals surface area contributed by atoms with Crippen molar-refractivity contribution in [1.82, 2.24) is 10.2 Å². The summed E-state index contributed by atoms with van der Waals surface area (Å²) >= 11 is 0. The van der Waals surface area contributed by atoms with E-state index in [0.29, 0.717) is 18.7 Å². The van der Waals surface area contributed by atoms with Crippen LogP contribution < -0.4 is 5.32 Å². The van der Waals surface area contributed by atoms with Crippen molar-refractivity contribution in [3.05, 3.63) is 24.2 Å². The molecule has 1 amide bonds. The second kappa shape index (κ2) is 7.26. The molecule has 2 heterocycles. The lowest BCUT2D eigenvalue weighted by Gasteiger charge is -2.26. The Labute approximate surface area is 124 Å². The van der Waals surface area contributed by atoms with E-state index in [-0.39, 0.29) is 18.5 Å². The highest BCUT2D eigenvalue weighted by Crippen LogP contribution is 2.17. The Bertz CT molecular complexity index is 472. The third kappa shape index (κ3) is 4.32. The topological polar surface area (TPSA) is 82.8 Å². The highest BCUT2D eigenvalue weighted by Gasteiger charge is 2.28. The molecule has 1 aromatic heterocycles. The van der Waals surface area contributed by atoms with Crippen molar-refractivity contribution in [1.29, 1.82) is 0 Å². The fourth-order valence-electron chi connectivity index (χ4n) is 2.72. The van der Waals surface area contributed by atoms with Gasteiger partial charge in [-0.2, -0.15) is 0 Å². The van der Waals surface area contributed by atoms with Gasteiger partial charge in [0, 0.05) is 0 Å². The van der Waals surface area contributed by atoms with Gasteiger partial charge in [0.2, 0.25) is 5.91 Å². The Morgan fingerprint density at radius 1 is 1.48 bits per heavy atom. The van der Waals surface area contributed by atoms with Gasteiger partial charge < -0.3 is 14.8 Å². The van der Waals surface area contributed by atoms with Crippen molar-refractivity contribution in [2.75, 3.05) is 13.1 Å². The smallest absolute Gasteiger partial charge is 0.320 e. The first-order valence-corrected chi connectivity index (χ1v) is 7.37. The number of nitrogens with one attached hydrogen (secondary N) is 1. The summed E-state index contributed by atoms with van der Waals surface area (Å²) in [6.45, 7) is 2.61.